The Labute approximate surface area is 172 Å². The van der Waals surface area contributed by atoms with Gasteiger partial charge in [0.25, 0.3) is 0 Å². The van der Waals surface area contributed by atoms with E-state index in [1.807, 2.05) is 0 Å². The Morgan fingerprint density at radius 3 is 2.08 bits per heavy atom. The van der Waals surface area contributed by atoms with Crippen LogP contribution in [-0.4, -0.2) is 15.9 Å². The third kappa shape index (κ3) is 4.63. The molecule has 0 unspecified atom stereocenters. The van der Waals surface area contributed by atoms with Gasteiger partial charge in [0.15, 0.2) is 0 Å². The van der Waals surface area contributed by atoms with Gasteiger partial charge in [-0.1, -0.05) is 60.6 Å². The number of alkyl halides is 1. The van der Waals surface area contributed by atoms with Gasteiger partial charge in [-0.25, -0.2) is 0 Å². The average Bonchev–Trinajstić information content (AvgIpc) is 3.25. The maximum Gasteiger partial charge on any atom is 0.0213 e. The van der Waals surface area contributed by atoms with Crippen LogP contribution >= 0.6 is 11.6 Å². The van der Waals surface area contributed by atoms with E-state index in [0.717, 1.165) is 15.9 Å². The Morgan fingerprint density at radius 1 is 0.833 bits per heavy atom. The molecule has 0 bridgehead atoms. The predicted octanol–water partition coefficient (Wildman–Crippen LogP) is 6.02. The molecule has 1 aliphatic carbocycles. The van der Waals surface area contributed by atoms with Crippen LogP contribution in [0.4, 0.5) is 0 Å². The van der Waals surface area contributed by atoms with Gasteiger partial charge in [-0.15, -0.1) is 35.4 Å². The van der Waals surface area contributed by atoms with Crippen molar-refractivity contribution in [2.24, 2.45) is 0 Å². The van der Waals surface area contributed by atoms with Gasteiger partial charge < -0.3 is 0 Å². The SMILES string of the molecule is CCl.C[SiH]C.[Zr].c1ccc2c(c1)Cc1c-2cccc1-[c-]1cccc1. The fourth-order valence-electron chi connectivity index (χ4n) is 2.98. The summed E-state index contributed by atoms with van der Waals surface area (Å²) in [5, 5.41) is 0. The molecule has 0 fully saturated rings. The molecule has 24 heavy (non-hydrogen) atoms. The molecule has 0 spiro atoms. The molecule has 123 valence electrons. The van der Waals surface area contributed by atoms with Crippen molar-refractivity contribution in [3.8, 4) is 22.3 Å². The zero-order valence-electron chi connectivity index (χ0n) is 14.5. The number of rotatable bonds is 1. The number of halogens is 1. The molecular formula is C21H23ClSiZr-. The first-order valence-electron chi connectivity index (χ1n) is 7.89. The molecule has 0 aromatic heterocycles. The standard InChI is InChI=1S/C18H13.C2H7Si.CH3Cl.Zr/c1-2-7-13(6-1)15-10-5-11-17-16-9-4-3-8-14(16)12-18(15)17;1-3-2;1-2;/h1-11H,12H2;3H,1-2H3;1H3;/q-1;;;. The minimum Gasteiger partial charge on any atom is -0.152 e. The Hall–Kier alpha value is -0.820. The molecule has 0 nitrogen and oxygen atoms in total. The van der Waals surface area contributed by atoms with Crippen LogP contribution < -0.4 is 0 Å². The fraction of sp³-hybridized carbons (Fsp3) is 0.190. The summed E-state index contributed by atoms with van der Waals surface area (Å²) in [6.07, 6.45) is 2.53. The maximum atomic E-state index is 4.64. The van der Waals surface area contributed by atoms with Gasteiger partial charge in [0.05, 0.1) is 0 Å². The van der Waals surface area contributed by atoms with Crippen LogP contribution in [0.1, 0.15) is 11.1 Å². The van der Waals surface area contributed by atoms with E-state index in [9.17, 15) is 0 Å². The summed E-state index contributed by atoms with van der Waals surface area (Å²) in [6.45, 7) is 4.42. The van der Waals surface area contributed by atoms with Crippen molar-refractivity contribution in [3.05, 3.63) is 77.9 Å². The van der Waals surface area contributed by atoms with E-state index >= 15 is 0 Å². The Morgan fingerprint density at radius 2 is 1.42 bits per heavy atom. The van der Waals surface area contributed by atoms with Crippen LogP contribution in [0, 0.1) is 0 Å². The third-order valence-corrected chi connectivity index (χ3v) is 3.82. The van der Waals surface area contributed by atoms with Crippen molar-refractivity contribution in [1.82, 2.24) is 0 Å². The Bertz CT molecular complexity index is 735. The first kappa shape index (κ1) is 21.2. The van der Waals surface area contributed by atoms with Crippen LogP contribution in [0.3, 0.4) is 0 Å². The van der Waals surface area contributed by atoms with E-state index in [2.05, 4.69) is 91.4 Å². The van der Waals surface area contributed by atoms with Gasteiger partial charge in [0, 0.05) is 42.1 Å². The van der Waals surface area contributed by atoms with Crippen molar-refractivity contribution < 1.29 is 26.2 Å². The summed E-state index contributed by atoms with van der Waals surface area (Å²) in [5.41, 5.74) is 8.45. The summed E-state index contributed by atoms with van der Waals surface area (Å²) in [7, 11) is 0.750. The second-order valence-corrected chi connectivity index (χ2v) is 6.57. The normalized spacial score (nSPS) is 10.2. The predicted molar refractivity (Wildman–Crippen MR) is 106 cm³/mol. The van der Waals surface area contributed by atoms with Crippen LogP contribution in [0.25, 0.3) is 22.3 Å². The molecule has 3 heteroatoms. The van der Waals surface area contributed by atoms with Gasteiger partial charge in [-0.05, 0) is 23.1 Å². The molecule has 0 heterocycles. The van der Waals surface area contributed by atoms with Gasteiger partial charge in [-0.2, -0.15) is 12.1 Å². The number of hydrogen-bond donors (Lipinski definition) is 0. The van der Waals surface area contributed by atoms with Gasteiger partial charge in [-0.3, -0.25) is 0 Å². The zero-order chi connectivity index (χ0) is 16.7. The number of fused-ring (bicyclic) bond motifs is 3. The van der Waals surface area contributed by atoms with Crippen molar-refractivity contribution >= 4 is 21.1 Å². The van der Waals surface area contributed by atoms with E-state index in [4.69, 9.17) is 0 Å². The van der Waals surface area contributed by atoms with Crippen molar-refractivity contribution in [2.45, 2.75) is 19.5 Å². The van der Waals surface area contributed by atoms with Crippen LogP contribution in [0.2, 0.25) is 13.1 Å². The van der Waals surface area contributed by atoms with E-state index in [1.165, 1.54) is 39.8 Å². The van der Waals surface area contributed by atoms with Gasteiger partial charge in [0.2, 0.25) is 0 Å². The summed E-state index contributed by atoms with van der Waals surface area (Å²) in [6, 6.07) is 24.0. The molecule has 3 aromatic carbocycles. The van der Waals surface area contributed by atoms with Crippen LogP contribution in [0.5, 0.6) is 0 Å². The molecule has 0 saturated heterocycles. The van der Waals surface area contributed by atoms with Gasteiger partial charge >= 0.3 is 0 Å². The summed E-state index contributed by atoms with van der Waals surface area (Å²) in [5.74, 6) is 0. The van der Waals surface area contributed by atoms with Crippen molar-refractivity contribution in [1.29, 1.82) is 0 Å². The minimum atomic E-state index is 0. The molecule has 0 aliphatic heterocycles. The molecular weight excluding hydrogens is 407 g/mol. The fourth-order valence-corrected chi connectivity index (χ4v) is 2.98. The number of benzene rings is 2. The largest absolute Gasteiger partial charge is 0.152 e. The molecule has 4 rings (SSSR count). The third-order valence-electron chi connectivity index (χ3n) is 3.82. The summed E-state index contributed by atoms with van der Waals surface area (Å²) < 4.78 is 0. The number of hydrogen-bond acceptors (Lipinski definition) is 0. The molecule has 0 atom stereocenters. The maximum absolute atomic E-state index is 4.64. The van der Waals surface area contributed by atoms with Crippen LogP contribution in [0.15, 0.2) is 66.7 Å². The Balaban J connectivity index is 0.000000437. The van der Waals surface area contributed by atoms with Crippen molar-refractivity contribution in [3.63, 3.8) is 0 Å². The summed E-state index contributed by atoms with van der Waals surface area (Å²) in [4.78, 5) is 0. The van der Waals surface area contributed by atoms with E-state index in [-0.39, 0.29) is 26.2 Å². The zero-order valence-corrected chi connectivity index (χ0v) is 18.9. The second kappa shape index (κ2) is 10.9. The minimum absolute atomic E-state index is 0. The van der Waals surface area contributed by atoms with E-state index in [0.29, 0.717) is 0 Å². The smallest absolute Gasteiger partial charge is 0.0213 e. The molecule has 0 saturated carbocycles. The molecule has 0 N–H and O–H groups in total. The average molecular weight is 430 g/mol. The monoisotopic (exact) mass is 428 g/mol. The summed E-state index contributed by atoms with van der Waals surface area (Å²) >= 11 is 4.64. The van der Waals surface area contributed by atoms with E-state index in [1.54, 1.807) is 0 Å². The quantitative estimate of drug-likeness (QED) is 0.197. The Kier molecular flexibility index (Phi) is 9.66. The van der Waals surface area contributed by atoms with E-state index < -0.39 is 0 Å². The van der Waals surface area contributed by atoms with Crippen LogP contribution in [-0.2, 0) is 32.6 Å². The van der Waals surface area contributed by atoms with Crippen molar-refractivity contribution in [2.75, 3.05) is 6.38 Å². The molecule has 0 amide bonds. The first-order valence-corrected chi connectivity index (χ1v) is 11.0. The topological polar surface area (TPSA) is 0 Å². The second-order valence-electron chi connectivity index (χ2n) is 5.42. The molecule has 1 radical (unpaired) electrons. The molecule has 3 aromatic rings. The molecule has 1 aliphatic rings. The first-order chi connectivity index (χ1) is 11.3. The van der Waals surface area contributed by atoms with Gasteiger partial charge in [0.1, 0.15) is 0 Å².